The van der Waals surface area contributed by atoms with Crippen LogP contribution in [0.3, 0.4) is 0 Å². The summed E-state index contributed by atoms with van der Waals surface area (Å²) in [5.74, 6) is 0. The van der Waals surface area contributed by atoms with Crippen LogP contribution in [0.5, 0.6) is 0 Å². The van der Waals surface area contributed by atoms with E-state index in [4.69, 9.17) is 0 Å². The van der Waals surface area contributed by atoms with Gasteiger partial charge >= 0.3 is 0 Å². The molecule has 1 atom stereocenters. The predicted molar refractivity (Wildman–Crippen MR) is 114 cm³/mol. The molecule has 0 radical (unpaired) electrons. The molecule has 150 valence electrons. The first-order valence-corrected chi connectivity index (χ1v) is 12.3. The van der Waals surface area contributed by atoms with Crippen LogP contribution in [0.4, 0.5) is 5.69 Å². The van der Waals surface area contributed by atoms with Crippen LogP contribution in [0, 0.1) is 0 Å². The van der Waals surface area contributed by atoms with E-state index in [0.29, 0.717) is 11.0 Å². The van der Waals surface area contributed by atoms with E-state index in [-0.39, 0.29) is 4.21 Å². The first kappa shape index (κ1) is 19.4. The van der Waals surface area contributed by atoms with E-state index in [2.05, 4.69) is 32.1 Å². The van der Waals surface area contributed by atoms with E-state index in [0.717, 1.165) is 54.8 Å². The summed E-state index contributed by atoms with van der Waals surface area (Å²) < 4.78 is 24.0. The van der Waals surface area contributed by atoms with Crippen molar-refractivity contribution in [1.29, 1.82) is 0 Å². The van der Waals surface area contributed by atoms with Gasteiger partial charge in [-0.2, -0.15) is 0 Å². The smallest absolute Gasteiger partial charge is 0.186 e. The second-order valence-electron chi connectivity index (χ2n) is 7.33. The third-order valence-corrected chi connectivity index (χ3v) is 7.88. The fourth-order valence-corrected chi connectivity index (χ4v) is 5.53. The van der Waals surface area contributed by atoms with Gasteiger partial charge in [0.05, 0.1) is 17.4 Å². The molecule has 3 aromatic rings. The van der Waals surface area contributed by atoms with E-state index in [1.807, 2.05) is 12.3 Å². The molecule has 28 heavy (non-hydrogen) atoms. The number of likely N-dealkylation sites (tertiary alicyclic amines) is 1. The molecule has 1 aliphatic heterocycles. The molecule has 0 spiro atoms. The van der Waals surface area contributed by atoms with Gasteiger partial charge in [-0.25, -0.2) is 18.4 Å². The Balaban J connectivity index is 1.71. The summed E-state index contributed by atoms with van der Waals surface area (Å²) in [7, 11) is -3.27. The fraction of sp³-hybridized carbons (Fsp3) is 0.474. The fourth-order valence-electron chi connectivity index (χ4n) is 3.78. The molecule has 1 saturated heterocycles. The van der Waals surface area contributed by atoms with Crippen LogP contribution in [-0.2, 0) is 9.84 Å². The number of hydrogen-bond acceptors (Lipinski definition) is 7. The van der Waals surface area contributed by atoms with Gasteiger partial charge in [-0.1, -0.05) is 6.92 Å². The number of fused-ring (bicyclic) bond motifs is 1. The quantitative estimate of drug-likeness (QED) is 0.637. The maximum absolute atomic E-state index is 11.9. The van der Waals surface area contributed by atoms with Crippen LogP contribution in [-0.4, -0.2) is 60.2 Å². The minimum atomic E-state index is -3.27. The maximum atomic E-state index is 11.9. The van der Waals surface area contributed by atoms with Crippen LogP contribution >= 0.6 is 11.3 Å². The highest BCUT2D eigenvalue weighted by Crippen LogP contribution is 2.37. The average Bonchev–Trinajstić information content (AvgIpc) is 3.32. The molecule has 0 bridgehead atoms. The van der Waals surface area contributed by atoms with Gasteiger partial charge in [0.25, 0.3) is 0 Å². The Morgan fingerprint density at radius 3 is 2.96 bits per heavy atom. The zero-order valence-corrected chi connectivity index (χ0v) is 17.7. The lowest BCUT2D eigenvalue weighted by Gasteiger charge is -2.34. The predicted octanol–water partition coefficient (Wildman–Crippen LogP) is 3.38. The molecule has 7 nitrogen and oxygen atoms in total. The van der Waals surface area contributed by atoms with Crippen molar-refractivity contribution in [3.63, 3.8) is 0 Å². The number of hydrogen-bond donors (Lipinski definition) is 2. The van der Waals surface area contributed by atoms with Crippen molar-refractivity contribution in [2.24, 2.45) is 0 Å². The lowest BCUT2D eigenvalue weighted by Crippen LogP contribution is -2.42. The zero-order valence-electron chi connectivity index (χ0n) is 16.1. The van der Waals surface area contributed by atoms with E-state index in [1.54, 1.807) is 6.20 Å². The first-order valence-electron chi connectivity index (χ1n) is 9.57. The second kappa shape index (κ2) is 7.81. The number of nitrogens with one attached hydrogen (secondary N) is 2. The Bertz CT molecular complexity index is 1070. The number of thiazole rings is 1. The lowest BCUT2D eigenvalue weighted by molar-refractivity contribution is 0.217. The summed E-state index contributed by atoms with van der Waals surface area (Å²) in [5.41, 5.74) is 2.64. The second-order valence-corrected chi connectivity index (χ2v) is 10.6. The summed E-state index contributed by atoms with van der Waals surface area (Å²) >= 11 is 1.19. The Kier molecular flexibility index (Phi) is 5.39. The molecule has 4 heterocycles. The lowest BCUT2D eigenvalue weighted by atomic mass is 10.0. The molecule has 0 aliphatic carbocycles. The molecular weight excluding hydrogens is 394 g/mol. The van der Waals surface area contributed by atoms with Gasteiger partial charge in [0, 0.05) is 36.6 Å². The third kappa shape index (κ3) is 3.92. The van der Waals surface area contributed by atoms with Crippen molar-refractivity contribution in [3.05, 3.63) is 24.7 Å². The Morgan fingerprint density at radius 1 is 1.36 bits per heavy atom. The highest BCUT2D eigenvalue weighted by atomic mass is 32.2. The van der Waals surface area contributed by atoms with Crippen LogP contribution in [0.25, 0.3) is 21.6 Å². The summed E-state index contributed by atoms with van der Waals surface area (Å²) in [5, 5.41) is 5.40. The standard InChI is InChI=1S/C19H25N5O2S2/c1-3-8-24-9-4-5-13(12-24)23-17-14-6-7-20-18(14)21-10-15(17)19-22-11-16(27-19)28(2,25)26/h6-7,10-11,13H,3-5,8-9,12H2,1-2H3,(H2,20,21,23)/t13-/m1/s1. The summed E-state index contributed by atoms with van der Waals surface area (Å²) in [6.07, 6.45) is 9.73. The van der Waals surface area contributed by atoms with Gasteiger partial charge in [0.2, 0.25) is 0 Å². The molecule has 3 aromatic heterocycles. The number of nitrogens with zero attached hydrogens (tertiary/aromatic N) is 3. The van der Waals surface area contributed by atoms with E-state index in [1.165, 1.54) is 30.2 Å². The average molecular weight is 420 g/mol. The number of piperidine rings is 1. The van der Waals surface area contributed by atoms with Crippen LogP contribution in [0.15, 0.2) is 28.9 Å². The SMILES string of the molecule is CCCN1CCC[C@@H](Nc2c(-c3ncc(S(C)(=O)=O)s3)cnc3[nH]ccc23)C1. The van der Waals surface area contributed by atoms with Crippen molar-refractivity contribution in [2.75, 3.05) is 31.2 Å². The molecule has 0 amide bonds. The highest BCUT2D eigenvalue weighted by Gasteiger charge is 2.23. The van der Waals surface area contributed by atoms with Gasteiger partial charge in [-0.3, -0.25) is 0 Å². The monoisotopic (exact) mass is 419 g/mol. The van der Waals surface area contributed by atoms with E-state index in [9.17, 15) is 8.42 Å². The molecule has 1 fully saturated rings. The van der Waals surface area contributed by atoms with Gasteiger partial charge in [-0.15, -0.1) is 11.3 Å². The van der Waals surface area contributed by atoms with Crippen molar-refractivity contribution < 1.29 is 8.42 Å². The summed E-state index contributed by atoms with van der Waals surface area (Å²) in [6.45, 7) is 5.49. The minimum absolute atomic E-state index is 0.273. The Hall–Kier alpha value is -1.97. The van der Waals surface area contributed by atoms with Gasteiger partial charge in [0.15, 0.2) is 9.84 Å². The topological polar surface area (TPSA) is 91.0 Å². The van der Waals surface area contributed by atoms with Crippen molar-refractivity contribution >= 4 is 37.9 Å². The summed E-state index contributed by atoms with van der Waals surface area (Å²) in [4.78, 5) is 14.5. The van der Waals surface area contributed by atoms with Gasteiger partial charge in [-0.05, 0) is 38.4 Å². The number of anilines is 1. The molecule has 0 aromatic carbocycles. The largest absolute Gasteiger partial charge is 0.380 e. The van der Waals surface area contributed by atoms with Crippen LogP contribution in [0.2, 0.25) is 0 Å². The Labute approximate surface area is 169 Å². The third-order valence-electron chi connectivity index (χ3n) is 5.06. The summed E-state index contributed by atoms with van der Waals surface area (Å²) in [6, 6.07) is 2.35. The highest BCUT2D eigenvalue weighted by molar-refractivity contribution is 7.92. The van der Waals surface area contributed by atoms with E-state index < -0.39 is 9.84 Å². The number of aromatic amines is 1. The molecule has 0 unspecified atom stereocenters. The number of aromatic nitrogens is 3. The van der Waals surface area contributed by atoms with Crippen LogP contribution in [0.1, 0.15) is 26.2 Å². The van der Waals surface area contributed by atoms with Crippen molar-refractivity contribution in [2.45, 2.75) is 36.4 Å². The number of rotatable bonds is 6. The van der Waals surface area contributed by atoms with Gasteiger partial charge < -0.3 is 15.2 Å². The first-order chi connectivity index (χ1) is 13.5. The normalized spacial score (nSPS) is 18.6. The molecule has 2 N–H and O–H groups in total. The number of pyridine rings is 1. The number of sulfone groups is 1. The van der Waals surface area contributed by atoms with Crippen molar-refractivity contribution in [1.82, 2.24) is 19.9 Å². The Morgan fingerprint density at radius 2 is 2.21 bits per heavy atom. The van der Waals surface area contributed by atoms with E-state index >= 15 is 0 Å². The minimum Gasteiger partial charge on any atom is -0.380 e. The van der Waals surface area contributed by atoms with Crippen LogP contribution < -0.4 is 5.32 Å². The molecule has 9 heteroatoms. The molecule has 4 rings (SSSR count). The van der Waals surface area contributed by atoms with Crippen molar-refractivity contribution in [3.8, 4) is 10.6 Å². The van der Waals surface area contributed by atoms with Gasteiger partial charge in [0.1, 0.15) is 14.9 Å². The maximum Gasteiger partial charge on any atom is 0.186 e. The molecule has 0 saturated carbocycles. The zero-order chi connectivity index (χ0) is 19.7. The number of H-pyrrole nitrogens is 1. The molecule has 1 aliphatic rings. The molecular formula is C19H25N5O2S2.